The Balaban J connectivity index is 1.49. The number of halogens is 3. The molecule has 0 aromatic heterocycles. The Kier molecular flexibility index (Phi) is 4.84. The smallest absolute Gasteiger partial charge is 0.359 e. The second-order valence-corrected chi connectivity index (χ2v) is 7.88. The van der Waals surface area contributed by atoms with Crippen LogP contribution in [0.2, 0.25) is 0 Å². The average molecular weight is 396 g/mol. The molecule has 1 aromatic rings. The molecule has 9 heteroatoms. The van der Waals surface area contributed by atoms with Gasteiger partial charge in [0, 0.05) is 26.2 Å². The Morgan fingerprint density at radius 1 is 1.21 bits per heavy atom. The zero-order valence-electron chi connectivity index (χ0n) is 15.4. The van der Waals surface area contributed by atoms with E-state index in [-0.39, 0.29) is 18.1 Å². The number of piperazine rings is 1. The molecule has 2 N–H and O–H groups in total. The van der Waals surface area contributed by atoms with Gasteiger partial charge in [0.2, 0.25) is 5.91 Å². The van der Waals surface area contributed by atoms with Gasteiger partial charge in [-0.2, -0.15) is 13.2 Å². The fourth-order valence-electron chi connectivity index (χ4n) is 3.84. The molecule has 1 saturated carbocycles. The number of nitrogens with zero attached hydrogens (tertiary/aromatic N) is 2. The molecule has 4 rings (SSSR count). The monoisotopic (exact) mass is 396 g/mol. The second kappa shape index (κ2) is 7.18. The SMILES string of the molecule is O=C1CN(c2ccc(C(F)(F)F)cc2NC(=O)N2CC(CC3CC3)C2)CCN1. The van der Waals surface area contributed by atoms with E-state index in [0.717, 1.165) is 24.5 Å². The molecule has 0 spiro atoms. The first-order valence-electron chi connectivity index (χ1n) is 9.58. The fourth-order valence-corrected chi connectivity index (χ4v) is 3.84. The first kappa shape index (κ1) is 18.9. The molecule has 2 heterocycles. The molecule has 6 nitrogen and oxygen atoms in total. The van der Waals surface area contributed by atoms with Crippen molar-refractivity contribution in [2.24, 2.45) is 11.8 Å². The zero-order valence-corrected chi connectivity index (χ0v) is 15.4. The van der Waals surface area contributed by atoms with Gasteiger partial charge < -0.3 is 20.4 Å². The summed E-state index contributed by atoms with van der Waals surface area (Å²) in [5, 5.41) is 5.32. The molecule has 0 unspecified atom stereocenters. The van der Waals surface area contributed by atoms with Crippen molar-refractivity contribution in [3.05, 3.63) is 23.8 Å². The van der Waals surface area contributed by atoms with Gasteiger partial charge in [0.25, 0.3) is 0 Å². The molecule has 3 amide bonds. The Labute approximate surface area is 161 Å². The normalized spacial score (nSPS) is 20.6. The molecule has 1 aromatic carbocycles. The lowest BCUT2D eigenvalue weighted by molar-refractivity contribution is -0.137. The highest BCUT2D eigenvalue weighted by Gasteiger charge is 2.36. The molecule has 152 valence electrons. The van der Waals surface area contributed by atoms with Gasteiger partial charge in [0.1, 0.15) is 0 Å². The average Bonchev–Trinajstić information content (AvgIpc) is 3.41. The van der Waals surface area contributed by atoms with Crippen molar-refractivity contribution in [2.75, 3.05) is 42.9 Å². The zero-order chi connectivity index (χ0) is 19.9. The van der Waals surface area contributed by atoms with E-state index >= 15 is 0 Å². The summed E-state index contributed by atoms with van der Waals surface area (Å²) in [6.45, 7) is 2.20. The third-order valence-corrected chi connectivity index (χ3v) is 5.55. The summed E-state index contributed by atoms with van der Waals surface area (Å²) in [6.07, 6.45) is -0.857. The van der Waals surface area contributed by atoms with Crippen LogP contribution in [0.15, 0.2) is 18.2 Å². The van der Waals surface area contributed by atoms with Crippen LogP contribution < -0.4 is 15.5 Å². The van der Waals surface area contributed by atoms with Crippen LogP contribution in [0.4, 0.5) is 29.3 Å². The third kappa shape index (κ3) is 4.18. The van der Waals surface area contributed by atoms with Crippen LogP contribution in [0.1, 0.15) is 24.8 Å². The number of likely N-dealkylation sites (tertiary alicyclic amines) is 1. The lowest BCUT2D eigenvalue weighted by Crippen LogP contribution is -2.52. The van der Waals surface area contributed by atoms with Crippen molar-refractivity contribution in [2.45, 2.75) is 25.4 Å². The lowest BCUT2D eigenvalue weighted by atomic mass is 9.94. The van der Waals surface area contributed by atoms with E-state index in [1.54, 1.807) is 9.80 Å². The Hall–Kier alpha value is -2.45. The van der Waals surface area contributed by atoms with Crippen molar-refractivity contribution < 1.29 is 22.8 Å². The Bertz CT molecular complexity index is 773. The summed E-state index contributed by atoms with van der Waals surface area (Å²) >= 11 is 0. The summed E-state index contributed by atoms with van der Waals surface area (Å²) in [7, 11) is 0. The summed E-state index contributed by atoms with van der Waals surface area (Å²) < 4.78 is 39.5. The molecule has 28 heavy (non-hydrogen) atoms. The molecular formula is C19H23F3N4O2. The van der Waals surface area contributed by atoms with Crippen LogP contribution in [0.3, 0.4) is 0 Å². The number of benzene rings is 1. The van der Waals surface area contributed by atoms with E-state index < -0.39 is 17.8 Å². The first-order chi connectivity index (χ1) is 13.3. The van der Waals surface area contributed by atoms with Crippen molar-refractivity contribution >= 4 is 23.3 Å². The number of rotatable bonds is 4. The van der Waals surface area contributed by atoms with Crippen molar-refractivity contribution in [3.63, 3.8) is 0 Å². The maximum atomic E-state index is 13.2. The van der Waals surface area contributed by atoms with Gasteiger partial charge >= 0.3 is 12.2 Å². The number of hydrogen-bond donors (Lipinski definition) is 2. The second-order valence-electron chi connectivity index (χ2n) is 7.88. The van der Waals surface area contributed by atoms with Gasteiger partial charge in [-0.1, -0.05) is 12.8 Å². The van der Waals surface area contributed by atoms with Gasteiger partial charge in [-0.25, -0.2) is 4.79 Å². The van der Waals surface area contributed by atoms with Crippen LogP contribution in [0.25, 0.3) is 0 Å². The van der Waals surface area contributed by atoms with E-state index in [1.807, 2.05) is 0 Å². The van der Waals surface area contributed by atoms with Crippen LogP contribution in [0, 0.1) is 11.8 Å². The Morgan fingerprint density at radius 3 is 2.61 bits per heavy atom. The predicted molar refractivity (Wildman–Crippen MR) is 98.1 cm³/mol. The number of amides is 3. The summed E-state index contributed by atoms with van der Waals surface area (Å²) in [4.78, 5) is 27.5. The highest BCUT2D eigenvalue weighted by Crippen LogP contribution is 2.39. The van der Waals surface area contributed by atoms with Crippen LogP contribution >= 0.6 is 0 Å². The first-order valence-corrected chi connectivity index (χ1v) is 9.58. The van der Waals surface area contributed by atoms with Crippen LogP contribution in [-0.2, 0) is 11.0 Å². The van der Waals surface area contributed by atoms with Crippen molar-refractivity contribution in [1.82, 2.24) is 10.2 Å². The number of carbonyl (C=O) groups is 2. The predicted octanol–water partition coefficient (Wildman–Crippen LogP) is 2.91. The minimum atomic E-state index is -4.51. The summed E-state index contributed by atoms with van der Waals surface area (Å²) in [6, 6.07) is 2.85. The highest BCUT2D eigenvalue weighted by molar-refractivity contribution is 5.95. The number of carbonyl (C=O) groups excluding carboxylic acids is 2. The van der Waals surface area contributed by atoms with Crippen LogP contribution in [-0.4, -0.2) is 49.6 Å². The van der Waals surface area contributed by atoms with Gasteiger partial charge in [-0.05, 0) is 36.5 Å². The number of hydrogen-bond acceptors (Lipinski definition) is 3. The fraction of sp³-hybridized carbons (Fsp3) is 0.579. The number of alkyl halides is 3. The minimum absolute atomic E-state index is 0.0431. The van der Waals surface area contributed by atoms with E-state index in [4.69, 9.17) is 0 Å². The number of nitrogens with one attached hydrogen (secondary N) is 2. The summed E-state index contributed by atoms with van der Waals surface area (Å²) in [5.41, 5.74) is -0.324. The van der Waals surface area contributed by atoms with Gasteiger partial charge in [-0.15, -0.1) is 0 Å². The van der Waals surface area contributed by atoms with Crippen LogP contribution in [0.5, 0.6) is 0 Å². The topological polar surface area (TPSA) is 64.7 Å². The van der Waals surface area contributed by atoms with Gasteiger partial charge in [0.15, 0.2) is 0 Å². The third-order valence-electron chi connectivity index (χ3n) is 5.55. The maximum absolute atomic E-state index is 13.2. The molecule has 3 fully saturated rings. The van der Waals surface area contributed by atoms with Crippen molar-refractivity contribution in [3.8, 4) is 0 Å². The number of anilines is 2. The van der Waals surface area contributed by atoms with E-state index in [1.165, 1.54) is 18.9 Å². The highest BCUT2D eigenvalue weighted by atomic mass is 19.4. The molecule has 0 radical (unpaired) electrons. The number of urea groups is 1. The lowest BCUT2D eigenvalue weighted by Gasteiger charge is -2.39. The Morgan fingerprint density at radius 2 is 1.96 bits per heavy atom. The minimum Gasteiger partial charge on any atom is -0.359 e. The van der Waals surface area contributed by atoms with E-state index in [2.05, 4.69) is 10.6 Å². The van der Waals surface area contributed by atoms with Gasteiger partial charge in [0.05, 0.1) is 23.5 Å². The molecule has 1 aliphatic carbocycles. The molecule has 2 saturated heterocycles. The van der Waals surface area contributed by atoms with Gasteiger partial charge in [-0.3, -0.25) is 4.79 Å². The molecule has 2 aliphatic heterocycles. The van der Waals surface area contributed by atoms with Crippen molar-refractivity contribution in [1.29, 1.82) is 0 Å². The molecule has 0 atom stereocenters. The van der Waals surface area contributed by atoms with E-state index in [9.17, 15) is 22.8 Å². The molecule has 3 aliphatic rings. The quantitative estimate of drug-likeness (QED) is 0.823. The summed E-state index contributed by atoms with van der Waals surface area (Å²) in [5.74, 6) is 1.08. The largest absolute Gasteiger partial charge is 0.416 e. The standard InChI is InChI=1S/C19H23F3N4O2/c20-19(21,22)14-3-4-16(25-6-5-23-17(27)11-25)15(8-14)24-18(28)26-9-13(10-26)7-12-1-2-12/h3-4,8,12-13H,1-2,5-7,9-11H2,(H,23,27)(H,24,28). The molecular weight excluding hydrogens is 373 g/mol. The molecule has 0 bridgehead atoms. The van der Waals surface area contributed by atoms with E-state index in [0.29, 0.717) is 37.8 Å². The maximum Gasteiger partial charge on any atom is 0.416 e.